The van der Waals surface area contributed by atoms with E-state index in [1.165, 1.54) is 6.42 Å². The second-order valence-corrected chi connectivity index (χ2v) is 8.88. The van der Waals surface area contributed by atoms with E-state index in [2.05, 4.69) is 9.97 Å². The van der Waals surface area contributed by atoms with Gasteiger partial charge in [0.25, 0.3) is 0 Å². The van der Waals surface area contributed by atoms with Gasteiger partial charge in [-0.1, -0.05) is 18.9 Å². The van der Waals surface area contributed by atoms with Crippen molar-refractivity contribution in [2.75, 3.05) is 0 Å². The van der Waals surface area contributed by atoms with Crippen molar-refractivity contribution in [3.8, 4) is 22.6 Å². The minimum Gasteiger partial charge on any atom is -0.457 e. The third-order valence-electron chi connectivity index (χ3n) is 5.69. The van der Waals surface area contributed by atoms with Crippen LogP contribution in [0.2, 0.25) is 0 Å². The van der Waals surface area contributed by atoms with Gasteiger partial charge in [0.15, 0.2) is 0 Å². The fraction of sp³-hybridized carbons (Fsp3) is 0.292. The van der Waals surface area contributed by atoms with Gasteiger partial charge in [0, 0.05) is 48.4 Å². The molecule has 1 saturated carbocycles. The maximum atomic E-state index is 10.3. The number of thiazole rings is 1. The summed E-state index contributed by atoms with van der Waals surface area (Å²) >= 11 is 1.69. The number of aliphatic hydroxyl groups excluding tert-OH is 1. The van der Waals surface area contributed by atoms with E-state index in [0.29, 0.717) is 5.92 Å². The first-order valence-electron chi connectivity index (χ1n) is 10.4. The second kappa shape index (κ2) is 8.50. The highest BCUT2D eigenvalue weighted by molar-refractivity contribution is 7.18. The molecule has 6 heteroatoms. The quantitative estimate of drug-likeness (QED) is 0.455. The van der Waals surface area contributed by atoms with Gasteiger partial charge in [-0.25, -0.2) is 4.98 Å². The van der Waals surface area contributed by atoms with Crippen LogP contribution < -0.4 is 4.74 Å². The SMILES string of the molecule is O[C@@H]1CCCC[C@H]1Cc1nc2ccc(Oc3ccncc3-c3cccnc3)cc2s1. The molecule has 0 amide bonds. The Labute approximate surface area is 179 Å². The van der Waals surface area contributed by atoms with Crippen molar-refractivity contribution in [1.82, 2.24) is 15.0 Å². The van der Waals surface area contributed by atoms with Crippen LogP contribution in [0.1, 0.15) is 30.7 Å². The van der Waals surface area contributed by atoms with E-state index in [9.17, 15) is 5.11 Å². The molecule has 0 spiro atoms. The van der Waals surface area contributed by atoms with Gasteiger partial charge in [-0.2, -0.15) is 0 Å². The van der Waals surface area contributed by atoms with Crippen molar-refractivity contribution in [2.24, 2.45) is 5.92 Å². The lowest BCUT2D eigenvalue weighted by Gasteiger charge is -2.26. The van der Waals surface area contributed by atoms with Gasteiger partial charge in [-0.15, -0.1) is 11.3 Å². The van der Waals surface area contributed by atoms with Gasteiger partial charge in [0.2, 0.25) is 0 Å². The second-order valence-electron chi connectivity index (χ2n) is 7.77. The summed E-state index contributed by atoms with van der Waals surface area (Å²) in [5.74, 6) is 1.84. The molecule has 30 heavy (non-hydrogen) atoms. The predicted octanol–water partition coefficient (Wildman–Crippen LogP) is 5.64. The molecule has 2 atom stereocenters. The molecule has 3 aromatic heterocycles. The Hall–Kier alpha value is -2.83. The molecule has 0 radical (unpaired) electrons. The zero-order chi connectivity index (χ0) is 20.3. The summed E-state index contributed by atoms with van der Waals surface area (Å²) in [7, 11) is 0. The van der Waals surface area contributed by atoms with Crippen LogP contribution in [0.5, 0.6) is 11.5 Å². The molecule has 1 aliphatic carbocycles. The summed E-state index contributed by atoms with van der Waals surface area (Å²) in [6.45, 7) is 0. The summed E-state index contributed by atoms with van der Waals surface area (Å²) in [4.78, 5) is 13.2. The van der Waals surface area contributed by atoms with Gasteiger partial charge in [0.1, 0.15) is 11.5 Å². The molecular weight excluding hydrogens is 394 g/mol. The van der Waals surface area contributed by atoms with Crippen LogP contribution in [0.25, 0.3) is 21.3 Å². The first-order chi connectivity index (χ1) is 14.8. The van der Waals surface area contributed by atoms with E-state index in [-0.39, 0.29) is 6.10 Å². The van der Waals surface area contributed by atoms with E-state index in [0.717, 1.165) is 63.5 Å². The molecule has 0 unspecified atom stereocenters. The zero-order valence-electron chi connectivity index (χ0n) is 16.6. The van der Waals surface area contributed by atoms with Crippen LogP contribution in [0, 0.1) is 5.92 Å². The summed E-state index contributed by atoms with van der Waals surface area (Å²) in [5, 5.41) is 11.4. The molecular formula is C24H23N3O2S. The number of ether oxygens (including phenoxy) is 1. The molecule has 1 fully saturated rings. The summed E-state index contributed by atoms with van der Waals surface area (Å²) in [5.41, 5.74) is 2.85. The molecule has 1 N–H and O–H groups in total. The smallest absolute Gasteiger partial charge is 0.138 e. The lowest BCUT2D eigenvalue weighted by atomic mass is 9.84. The van der Waals surface area contributed by atoms with E-state index in [1.54, 1.807) is 29.9 Å². The number of pyridine rings is 2. The molecule has 0 saturated heterocycles. The lowest BCUT2D eigenvalue weighted by molar-refractivity contribution is 0.0700. The van der Waals surface area contributed by atoms with Crippen LogP contribution in [0.4, 0.5) is 0 Å². The molecule has 0 aliphatic heterocycles. The molecule has 5 nitrogen and oxygen atoms in total. The third-order valence-corrected chi connectivity index (χ3v) is 6.73. The molecule has 3 heterocycles. The maximum absolute atomic E-state index is 10.3. The molecule has 5 rings (SSSR count). The average Bonchev–Trinajstić information content (AvgIpc) is 3.18. The summed E-state index contributed by atoms with van der Waals surface area (Å²) in [6.07, 6.45) is 12.1. The van der Waals surface area contributed by atoms with Gasteiger partial charge < -0.3 is 9.84 Å². The Bertz CT molecular complexity index is 1150. The standard InChI is InChI=1S/C24H23N3O2S/c28-21-6-2-1-4-16(21)12-24-27-20-8-7-18(13-23(20)30-24)29-22-9-11-26-15-19(22)17-5-3-10-25-14-17/h3,5,7-11,13-16,21,28H,1-2,4,6,12H2/t16-,21+/m0/s1. The van der Waals surface area contributed by atoms with Gasteiger partial charge in [-0.05, 0) is 43.0 Å². The van der Waals surface area contributed by atoms with Crippen molar-refractivity contribution in [3.63, 3.8) is 0 Å². The number of aliphatic hydroxyl groups is 1. The molecule has 1 aromatic carbocycles. The monoisotopic (exact) mass is 417 g/mol. The summed E-state index contributed by atoms with van der Waals surface area (Å²) in [6, 6.07) is 11.8. The first kappa shape index (κ1) is 19.2. The summed E-state index contributed by atoms with van der Waals surface area (Å²) < 4.78 is 7.32. The zero-order valence-corrected chi connectivity index (χ0v) is 17.4. The Morgan fingerprint density at radius 1 is 1.03 bits per heavy atom. The Balaban J connectivity index is 1.39. The predicted molar refractivity (Wildman–Crippen MR) is 119 cm³/mol. The number of nitrogens with zero attached hydrogens (tertiary/aromatic N) is 3. The molecule has 0 bridgehead atoms. The largest absolute Gasteiger partial charge is 0.457 e. The van der Waals surface area contributed by atoms with Crippen LogP contribution in [0.15, 0.2) is 61.2 Å². The van der Waals surface area contributed by atoms with Crippen molar-refractivity contribution < 1.29 is 9.84 Å². The lowest BCUT2D eigenvalue weighted by Crippen LogP contribution is -2.26. The highest BCUT2D eigenvalue weighted by Gasteiger charge is 2.24. The minimum absolute atomic E-state index is 0.192. The van der Waals surface area contributed by atoms with Gasteiger partial charge in [0.05, 0.1) is 21.3 Å². The fourth-order valence-electron chi connectivity index (χ4n) is 4.09. The number of benzene rings is 1. The number of hydrogen-bond acceptors (Lipinski definition) is 6. The Kier molecular flexibility index (Phi) is 5.43. The fourth-order valence-corrected chi connectivity index (χ4v) is 5.18. The van der Waals surface area contributed by atoms with Crippen molar-refractivity contribution >= 4 is 21.6 Å². The van der Waals surface area contributed by atoms with Crippen LogP contribution in [-0.2, 0) is 6.42 Å². The van der Waals surface area contributed by atoms with Crippen molar-refractivity contribution in [3.05, 3.63) is 66.2 Å². The van der Waals surface area contributed by atoms with Crippen molar-refractivity contribution in [2.45, 2.75) is 38.2 Å². The Morgan fingerprint density at radius 3 is 2.80 bits per heavy atom. The van der Waals surface area contributed by atoms with E-state index in [4.69, 9.17) is 9.72 Å². The van der Waals surface area contributed by atoms with E-state index >= 15 is 0 Å². The number of aromatic nitrogens is 3. The highest BCUT2D eigenvalue weighted by atomic mass is 32.1. The van der Waals surface area contributed by atoms with Crippen LogP contribution >= 0.6 is 11.3 Å². The van der Waals surface area contributed by atoms with E-state index in [1.807, 2.05) is 42.6 Å². The highest BCUT2D eigenvalue weighted by Crippen LogP contribution is 2.35. The number of fused-ring (bicyclic) bond motifs is 1. The molecule has 1 aliphatic rings. The normalized spacial score (nSPS) is 19.1. The molecule has 152 valence electrons. The van der Waals surface area contributed by atoms with Gasteiger partial charge >= 0.3 is 0 Å². The first-order valence-corrected chi connectivity index (χ1v) is 11.2. The third kappa shape index (κ3) is 4.06. The van der Waals surface area contributed by atoms with Crippen LogP contribution in [-0.4, -0.2) is 26.2 Å². The number of hydrogen-bond donors (Lipinski definition) is 1. The van der Waals surface area contributed by atoms with E-state index < -0.39 is 0 Å². The van der Waals surface area contributed by atoms with Crippen molar-refractivity contribution in [1.29, 1.82) is 0 Å². The Morgan fingerprint density at radius 2 is 1.93 bits per heavy atom. The topological polar surface area (TPSA) is 68.1 Å². The van der Waals surface area contributed by atoms with Gasteiger partial charge in [-0.3, -0.25) is 9.97 Å². The maximum Gasteiger partial charge on any atom is 0.138 e. The molecule has 4 aromatic rings. The minimum atomic E-state index is -0.192. The average molecular weight is 418 g/mol. The number of rotatable bonds is 5. The van der Waals surface area contributed by atoms with Crippen LogP contribution in [0.3, 0.4) is 0 Å².